The molecule has 2 unspecified atom stereocenters. The zero-order valence-corrected chi connectivity index (χ0v) is 14.7. The summed E-state index contributed by atoms with van der Waals surface area (Å²) >= 11 is 0. The van der Waals surface area contributed by atoms with Gasteiger partial charge in [-0.3, -0.25) is 4.99 Å². The average molecular weight is 317 g/mol. The summed E-state index contributed by atoms with van der Waals surface area (Å²) in [6.07, 6.45) is 5.06. The number of benzene rings is 1. The zero-order chi connectivity index (χ0) is 16.7. The van der Waals surface area contributed by atoms with Crippen LogP contribution in [0.25, 0.3) is 0 Å². The lowest BCUT2D eigenvalue weighted by Gasteiger charge is -2.22. The second-order valence-electron chi connectivity index (χ2n) is 6.61. The van der Waals surface area contributed by atoms with Crippen LogP contribution in [0.4, 0.5) is 0 Å². The van der Waals surface area contributed by atoms with E-state index in [2.05, 4.69) is 47.7 Å². The first kappa shape index (κ1) is 17.8. The standard InChI is InChI=1S/C19H31N3O/c1-4-20-19(21-12-14(2)13-23)22-15(3)17-10-9-16-7-5-6-8-18(16)11-17/h9-11,14-15,23H,4-8,12-13H2,1-3H3,(H2,20,21,22). The van der Waals surface area contributed by atoms with Crippen LogP contribution >= 0.6 is 0 Å². The van der Waals surface area contributed by atoms with Crippen molar-refractivity contribution >= 4 is 5.96 Å². The molecule has 23 heavy (non-hydrogen) atoms. The molecule has 0 saturated heterocycles. The molecule has 0 amide bonds. The van der Waals surface area contributed by atoms with Crippen molar-refractivity contribution in [1.82, 2.24) is 10.6 Å². The highest BCUT2D eigenvalue weighted by Gasteiger charge is 2.13. The third-order valence-corrected chi connectivity index (χ3v) is 4.44. The summed E-state index contributed by atoms with van der Waals surface area (Å²) in [7, 11) is 0. The Morgan fingerprint density at radius 3 is 2.65 bits per heavy atom. The van der Waals surface area contributed by atoms with E-state index in [9.17, 15) is 0 Å². The molecule has 0 aromatic heterocycles. The van der Waals surface area contributed by atoms with Crippen molar-refractivity contribution in [2.24, 2.45) is 10.9 Å². The number of rotatable bonds is 6. The monoisotopic (exact) mass is 317 g/mol. The van der Waals surface area contributed by atoms with Gasteiger partial charge in [-0.15, -0.1) is 0 Å². The highest BCUT2D eigenvalue weighted by Crippen LogP contribution is 2.24. The molecule has 0 bridgehead atoms. The van der Waals surface area contributed by atoms with Crippen molar-refractivity contribution in [2.75, 3.05) is 19.7 Å². The quantitative estimate of drug-likeness (QED) is 0.558. The fourth-order valence-electron chi connectivity index (χ4n) is 2.94. The Labute approximate surface area is 140 Å². The molecule has 1 aromatic rings. The van der Waals surface area contributed by atoms with Gasteiger partial charge in [0.1, 0.15) is 0 Å². The van der Waals surface area contributed by atoms with Gasteiger partial charge in [0.25, 0.3) is 0 Å². The second-order valence-corrected chi connectivity index (χ2v) is 6.61. The molecule has 0 spiro atoms. The number of guanidine groups is 1. The molecule has 2 rings (SSSR count). The molecular formula is C19H31N3O. The molecular weight excluding hydrogens is 286 g/mol. The molecule has 4 nitrogen and oxygen atoms in total. The van der Waals surface area contributed by atoms with E-state index in [1.807, 2.05) is 6.92 Å². The van der Waals surface area contributed by atoms with Crippen molar-refractivity contribution in [3.05, 3.63) is 34.9 Å². The smallest absolute Gasteiger partial charge is 0.191 e. The van der Waals surface area contributed by atoms with Gasteiger partial charge in [-0.25, -0.2) is 0 Å². The van der Waals surface area contributed by atoms with Crippen LogP contribution in [0, 0.1) is 5.92 Å². The van der Waals surface area contributed by atoms with Gasteiger partial charge >= 0.3 is 0 Å². The van der Waals surface area contributed by atoms with Crippen LogP contribution in [-0.4, -0.2) is 30.8 Å². The molecule has 3 N–H and O–H groups in total. The van der Waals surface area contributed by atoms with E-state index < -0.39 is 0 Å². The first-order chi connectivity index (χ1) is 11.1. The molecule has 0 radical (unpaired) electrons. The minimum absolute atomic E-state index is 0.170. The van der Waals surface area contributed by atoms with Crippen LogP contribution in [-0.2, 0) is 12.8 Å². The van der Waals surface area contributed by atoms with E-state index in [4.69, 9.17) is 5.11 Å². The largest absolute Gasteiger partial charge is 0.396 e. The predicted octanol–water partition coefficient (Wildman–Crippen LogP) is 2.81. The Morgan fingerprint density at radius 2 is 1.96 bits per heavy atom. The fraction of sp³-hybridized carbons (Fsp3) is 0.632. The lowest BCUT2D eigenvalue weighted by atomic mass is 9.89. The van der Waals surface area contributed by atoms with Crippen LogP contribution in [0.1, 0.15) is 56.3 Å². The van der Waals surface area contributed by atoms with Crippen molar-refractivity contribution in [3.8, 4) is 0 Å². The first-order valence-electron chi connectivity index (χ1n) is 8.91. The molecule has 128 valence electrons. The second kappa shape index (κ2) is 8.92. The molecule has 0 fully saturated rings. The Morgan fingerprint density at radius 1 is 1.22 bits per heavy atom. The van der Waals surface area contributed by atoms with Gasteiger partial charge in [0.15, 0.2) is 5.96 Å². The number of hydrogen-bond donors (Lipinski definition) is 3. The summed E-state index contributed by atoms with van der Waals surface area (Å²) in [4.78, 5) is 4.57. The summed E-state index contributed by atoms with van der Waals surface area (Å²) < 4.78 is 0. The average Bonchev–Trinajstić information content (AvgIpc) is 2.59. The van der Waals surface area contributed by atoms with Gasteiger partial charge < -0.3 is 15.7 Å². The Kier molecular flexibility index (Phi) is 6.90. The first-order valence-corrected chi connectivity index (χ1v) is 8.91. The minimum Gasteiger partial charge on any atom is -0.396 e. The van der Waals surface area contributed by atoms with Gasteiger partial charge in [-0.1, -0.05) is 25.1 Å². The Bertz CT molecular complexity index is 527. The lowest BCUT2D eigenvalue weighted by molar-refractivity contribution is 0.241. The van der Waals surface area contributed by atoms with E-state index in [1.54, 1.807) is 0 Å². The van der Waals surface area contributed by atoms with E-state index in [0.29, 0.717) is 6.54 Å². The van der Waals surface area contributed by atoms with Gasteiger partial charge in [0.05, 0.1) is 6.04 Å². The number of nitrogens with zero attached hydrogens (tertiary/aromatic N) is 1. The number of hydrogen-bond acceptors (Lipinski definition) is 2. The van der Waals surface area contributed by atoms with Crippen LogP contribution in [0.5, 0.6) is 0 Å². The summed E-state index contributed by atoms with van der Waals surface area (Å²) in [5.74, 6) is 1.00. The molecule has 1 aromatic carbocycles. The lowest BCUT2D eigenvalue weighted by Crippen LogP contribution is -2.39. The molecule has 0 saturated carbocycles. The van der Waals surface area contributed by atoms with E-state index in [-0.39, 0.29) is 18.6 Å². The third kappa shape index (κ3) is 5.24. The van der Waals surface area contributed by atoms with Crippen LogP contribution < -0.4 is 10.6 Å². The summed E-state index contributed by atoms with van der Waals surface area (Å²) in [5.41, 5.74) is 4.34. The number of aliphatic hydroxyl groups excluding tert-OH is 1. The maximum atomic E-state index is 9.14. The van der Waals surface area contributed by atoms with Crippen LogP contribution in [0.3, 0.4) is 0 Å². The number of aliphatic imine (C=N–C) groups is 1. The topological polar surface area (TPSA) is 56.7 Å². The Balaban J connectivity index is 2.04. The van der Waals surface area contributed by atoms with Crippen molar-refractivity contribution < 1.29 is 5.11 Å². The zero-order valence-electron chi connectivity index (χ0n) is 14.7. The predicted molar refractivity (Wildman–Crippen MR) is 96.9 cm³/mol. The Hall–Kier alpha value is -1.55. The summed E-state index contributed by atoms with van der Waals surface area (Å²) in [5, 5.41) is 15.9. The summed E-state index contributed by atoms with van der Waals surface area (Å²) in [6, 6.07) is 7.10. The number of aryl methyl sites for hydroxylation is 2. The molecule has 0 heterocycles. The number of fused-ring (bicyclic) bond motifs is 1. The molecule has 2 atom stereocenters. The highest BCUT2D eigenvalue weighted by molar-refractivity contribution is 5.80. The van der Waals surface area contributed by atoms with Crippen molar-refractivity contribution in [2.45, 2.75) is 52.5 Å². The van der Waals surface area contributed by atoms with E-state index in [1.165, 1.54) is 42.4 Å². The fourth-order valence-corrected chi connectivity index (χ4v) is 2.94. The molecule has 0 aliphatic heterocycles. The maximum Gasteiger partial charge on any atom is 0.191 e. The van der Waals surface area contributed by atoms with Gasteiger partial charge in [-0.2, -0.15) is 0 Å². The third-order valence-electron chi connectivity index (χ3n) is 4.44. The van der Waals surface area contributed by atoms with Crippen LogP contribution in [0.2, 0.25) is 0 Å². The van der Waals surface area contributed by atoms with Crippen LogP contribution in [0.15, 0.2) is 23.2 Å². The van der Waals surface area contributed by atoms with Gasteiger partial charge in [0, 0.05) is 19.7 Å². The normalized spacial score (nSPS) is 17.3. The number of nitrogens with one attached hydrogen (secondary N) is 2. The summed E-state index contributed by atoms with van der Waals surface area (Å²) in [6.45, 7) is 7.87. The molecule has 1 aliphatic rings. The molecule has 1 aliphatic carbocycles. The minimum atomic E-state index is 0.170. The van der Waals surface area contributed by atoms with E-state index >= 15 is 0 Å². The molecule has 4 heteroatoms. The highest BCUT2D eigenvalue weighted by atomic mass is 16.3. The van der Waals surface area contributed by atoms with Gasteiger partial charge in [-0.05, 0) is 62.1 Å². The van der Waals surface area contributed by atoms with Crippen molar-refractivity contribution in [3.63, 3.8) is 0 Å². The SMILES string of the molecule is CCNC(=NCC(C)CO)NC(C)c1ccc2c(c1)CCCC2. The number of aliphatic hydroxyl groups is 1. The van der Waals surface area contributed by atoms with Gasteiger partial charge in [0.2, 0.25) is 0 Å². The maximum absolute atomic E-state index is 9.14. The van der Waals surface area contributed by atoms with E-state index in [0.717, 1.165) is 12.5 Å². The van der Waals surface area contributed by atoms with Crippen molar-refractivity contribution in [1.29, 1.82) is 0 Å².